The molecule has 0 amide bonds. The van der Waals surface area contributed by atoms with E-state index in [9.17, 15) is 0 Å². The first-order valence-corrected chi connectivity index (χ1v) is 6.71. The largest absolute Gasteiger partial charge is 0.330 e. The Balaban J connectivity index is 2.15. The molecule has 94 valence electrons. The predicted octanol–water partition coefficient (Wildman–Crippen LogP) is 3.07. The highest BCUT2D eigenvalue weighted by molar-refractivity contribution is 6.31. The third-order valence-electron chi connectivity index (χ3n) is 3.90. The molecule has 1 saturated heterocycles. The number of likely N-dealkylation sites (tertiary alicyclic amines) is 1. The molecule has 3 heteroatoms. The maximum absolute atomic E-state index is 6.26. The van der Waals surface area contributed by atoms with Gasteiger partial charge < -0.3 is 5.73 Å². The number of hydrogen-bond donors (Lipinski definition) is 1. The van der Waals surface area contributed by atoms with Crippen LogP contribution in [0.2, 0.25) is 5.02 Å². The van der Waals surface area contributed by atoms with Gasteiger partial charge in [-0.3, -0.25) is 4.90 Å². The molecule has 1 fully saturated rings. The van der Waals surface area contributed by atoms with Crippen LogP contribution < -0.4 is 5.73 Å². The van der Waals surface area contributed by atoms with E-state index in [2.05, 4.69) is 30.9 Å². The second-order valence-corrected chi connectivity index (χ2v) is 5.49. The summed E-state index contributed by atoms with van der Waals surface area (Å²) in [4.78, 5) is 2.51. The van der Waals surface area contributed by atoms with Crippen LogP contribution in [0.4, 0.5) is 0 Å². The fourth-order valence-electron chi connectivity index (χ4n) is 2.87. The molecule has 0 aromatic heterocycles. The van der Waals surface area contributed by atoms with Crippen LogP contribution in [0, 0.1) is 5.92 Å². The number of nitrogens with zero attached hydrogens (tertiary/aromatic N) is 1. The molecule has 0 aliphatic carbocycles. The summed E-state index contributed by atoms with van der Waals surface area (Å²) in [6.45, 7) is 6.39. The van der Waals surface area contributed by atoms with E-state index in [1.54, 1.807) is 0 Å². The molecule has 0 saturated carbocycles. The van der Waals surface area contributed by atoms with Crippen LogP contribution in [0.25, 0.3) is 0 Å². The standard InChI is InChI=1S/C14H21ClN2/c1-10-7-12(8-16)9-17(10)11(2)13-5-3-4-6-14(13)15/h3-6,10-12H,7-9,16H2,1-2H3. The van der Waals surface area contributed by atoms with Gasteiger partial charge in [-0.05, 0) is 44.4 Å². The number of nitrogens with two attached hydrogens (primary N) is 1. The van der Waals surface area contributed by atoms with Crippen LogP contribution >= 0.6 is 11.6 Å². The van der Waals surface area contributed by atoms with E-state index in [1.807, 2.05) is 12.1 Å². The van der Waals surface area contributed by atoms with E-state index < -0.39 is 0 Å². The molecular weight excluding hydrogens is 232 g/mol. The number of halogens is 1. The minimum Gasteiger partial charge on any atom is -0.330 e. The second kappa shape index (κ2) is 5.38. The SMILES string of the molecule is CC1CC(CN)CN1C(C)c1ccccc1Cl. The van der Waals surface area contributed by atoms with Gasteiger partial charge in [-0.1, -0.05) is 29.8 Å². The van der Waals surface area contributed by atoms with Gasteiger partial charge in [0.25, 0.3) is 0 Å². The lowest BCUT2D eigenvalue weighted by atomic mass is 10.1. The average molecular weight is 253 g/mol. The average Bonchev–Trinajstić information content (AvgIpc) is 2.70. The van der Waals surface area contributed by atoms with Crippen molar-refractivity contribution in [1.29, 1.82) is 0 Å². The molecule has 1 aromatic rings. The fourth-order valence-corrected chi connectivity index (χ4v) is 3.17. The summed E-state index contributed by atoms with van der Waals surface area (Å²) in [5.74, 6) is 0.634. The van der Waals surface area contributed by atoms with Crippen LogP contribution in [-0.2, 0) is 0 Å². The maximum atomic E-state index is 6.26. The first-order chi connectivity index (χ1) is 8.13. The Labute approximate surface area is 109 Å². The first-order valence-electron chi connectivity index (χ1n) is 6.33. The van der Waals surface area contributed by atoms with Crippen molar-refractivity contribution in [3.8, 4) is 0 Å². The number of benzene rings is 1. The minimum atomic E-state index is 0.371. The molecule has 1 aliphatic rings. The van der Waals surface area contributed by atoms with Crippen molar-refractivity contribution in [3.05, 3.63) is 34.9 Å². The first kappa shape index (κ1) is 12.9. The van der Waals surface area contributed by atoms with Gasteiger partial charge >= 0.3 is 0 Å². The smallest absolute Gasteiger partial charge is 0.0453 e. The van der Waals surface area contributed by atoms with Gasteiger partial charge in [-0.15, -0.1) is 0 Å². The molecule has 0 bridgehead atoms. The lowest BCUT2D eigenvalue weighted by Crippen LogP contribution is -2.31. The van der Waals surface area contributed by atoms with Crippen LogP contribution in [0.3, 0.4) is 0 Å². The number of hydrogen-bond acceptors (Lipinski definition) is 2. The Morgan fingerprint density at radius 3 is 2.76 bits per heavy atom. The highest BCUT2D eigenvalue weighted by Crippen LogP contribution is 2.34. The van der Waals surface area contributed by atoms with Gasteiger partial charge in [-0.25, -0.2) is 0 Å². The van der Waals surface area contributed by atoms with Crippen molar-refractivity contribution >= 4 is 11.6 Å². The van der Waals surface area contributed by atoms with Crippen LogP contribution in [0.1, 0.15) is 31.9 Å². The normalized spacial score (nSPS) is 27.3. The maximum Gasteiger partial charge on any atom is 0.0453 e. The highest BCUT2D eigenvalue weighted by atomic mass is 35.5. The van der Waals surface area contributed by atoms with E-state index >= 15 is 0 Å². The zero-order valence-corrected chi connectivity index (χ0v) is 11.3. The Morgan fingerprint density at radius 2 is 2.18 bits per heavy atom. The van der Waals surface area contributed by atoms with E-state index in [0.29, 0.717) is 18.0 Å². The third-order valence-corrected chi connectivity index (χ3v) is 4.24. The molecular formula is C14H21ClN2. The van der Waals surface area contributed by atoms with Gasteiger partial charge in [0.1, 0.15) is 0 Å². The molecule has 1 aromatic carbocycles. The van der Waals surface area contributed by atoms with Crippen LogP contribution in [0.15, 0.2) is 24.3 Å². The Hall–Kier alpha value is -0.570. The van der Waals surface area contributed by atoms with Crippen LogP contribution in [0.5, 0.6) is 0 Å². The van der Waals surface area contributed by atoms with Crippen molar-refractivity contribution in [2.75, 3.05) is 13.1 Å². The van der Waals surface area contributed by atoms with Crippen molar-refractivity contribution in [3.63, 3.8) is 0 Å². The van der Waals surface area contributed by atoms with Gasteiger partial charge in [-0.2, -0.15) is 0 Å². The van der Waals surface area contributed by atoms with Crippen molar-refractivity contribution in [2.24, 2.45) is 11.7 Å². The zero-order valence-electron chi connectivity index (χ0n) is 10.6. The minimum absolute atomic E-state index is 0.371. The summed E-state index contributed by atoms with van der Waals surface area (Å²) in [5, 5.41) is 0.864. The molecule has 0 spiro atoms. The van der Waals surface area contributed by atoms with Crippen molar-refractivity contribution in [2.45, 2.75) is 32.4 Å². The van der Waals surface area contributed by atoms with Crippen LogP contribution in [-0.4, -0.2) is 24.0 Å². The lowest BCUT2D eigenvalue weighted by Gasteiger charge is -2.29. The summed E-state index contributed by atoms with van der Waals surface area (Å²) in [6, 6.07) is 9.09. The number of rotatable bonds is 3. The molecule has 3 atom stereocenters. The monoisotopic (exact) mass is 252 g/mol. The molecule has 0 radical (unpaired) electrons. The zero-order chi connectivity index (χ0) is 12.4. The highest BCUT2D eigenvalue weighted by Gasteiger charge is 2.32. The molecule has 2 rings (SSSR count). The van der Waals surface area contributed by atoms with Gasteiger partial charge in [0, 0.05) is 23.7 Å². The molecule has 17 heavy (non-hydrogen) atoms. The van der Waals surface area contributed by atoms with E-state index in [-0.39, 0.29) is 0 Å². The Morgan fingerprint density at radius 1 is 1.47 bits per heavy atom. The fraction of sp³-hybridized carbons (Fsp3) is 0.571. The molecule has 1 aliphatic heterocycles. The van der Waals surface area contributed by atoms with Gasteiger partial charge in [0.15, 0.2) is 0 Å². The van der Waals surface area contributed by atoms with E-state index in [4.69, 9.17) is 17.3 Å². The molecule has 1 heterocycles. The predicted molar refractivity (Wildman–Crippen MR) is 73.2 cm³/mol. The molecule has 2 nitrogen and oxygen atoms in total. The van der Waals surface area contributed by atoms with Crippen molar-refractivity contribution in [1.82, 2.24) is 4.90 Å². The summed E-state index contributed by atoms with van der Waals surface area (Å²) in [5.41, 5.74) is 7.00. The topological polar surface area (TPSA) is 29.3 Å². The summed E-state index contributed by atoms with van der Waals surface area (Å²) in [7, 11) is 0. The van der Waals surface area contributed by atoms with E-state index in [1.165, 1.54) is 12.0 Å². The second-order valence-electron chi connectivity index (χ2n) is 5.08. The Kier molecular flexibility index (Phi) is 4.08. The lowest BCUT2D eigenvalue weighted by molar-refractivity contribution is 0.201. The van der Waals surface area contributed by atoms with Gasteiger partial charge in [0.2, 0.25) is 0 Å². The van der Waals surface area contributed by atoms with Gasteiger partial charge in [0.05, 0.1) is 0 Å². The summed E-state index contributed by atoms with van der Waals surface area (Å²) in [6.07, 6.45) is 1.20. The summed E-state index contributed by atoms with van der Waals surface area (Å²) < 4.78 is 0. The van der Waals surface area contributed by atoms with Crippen molar-refractivity contribution < 1.29 is 0 Å². The van der Waals surface area contributed by atoms with E-state index in [0.717, 1.165) is 18.1 Å². The summed E-state index contributed by atoms with van der Waals surface area (Å²) >= 11 is 6.26. The third kappa shape index (κ3) is 2.65. The molecule has 3 unspecified atom stereocenters. The molecule has 2 N–H and O–H groups in total. The quantitative estimate of drug-likeness (QED) is 0.896. The Bertz CT molecular complexity index is 380.